The number of hydrogen-bond acceptors (Lipinski definition) is 5. The SMILES string of the molecule is CN(CC1(CO)CCOCC1)C(=O)NCc1nc(-c2ccccc2)cs1. The molecular weight excluding hydrogens is 350 g/mol. The second-order valence-electron chi connectivity index (χ2n) is 6.78. The third-order valence-electron chi connectivity index (χ3n) is 4.82. The van der Waals surface area contributed by atoms with Crippen molar-refractivity contribution < 1.29 is 14.6 Å². The first-order valence-electron chi connectivity index (χ1n) is 8.79. The average Bonchev–Trinajstić information content (AvgIpc) is 3.16. The number of hydrogen-bond donors (Lipinski definition) is 2. The number of aliphatic hydroxyl groups excluding tert-OH is 1. The standard InChI is InChI=1S/C19H25N3O3S/c1-22(13-19(14-23)7-9-25-10-8-19)18(24)20-11-17-21-16(12-26-17)15-5-3-2-4-6-15/h2-6,12,23H,7-11,13-14H2,1H3,(H,20,24). The van der Waals surface area contributed by atoms with E-state index in [0.29, 0.717) is 26.3 Å². The molecule has 3 rings (SSSR count). The minimum atomic E-state index is -0.258. The van der Waals surface area contributed by atoms with Crippen LogP contribution in [0.5, 0.6) is 0 Å². The van der Waals surface area contributed by atoms with Gasteiger partial charge in [-0.15, -0.1) is 11.3 Å². The van der Waals surface area contributed by atoms with E-state index < -0.39 is 0 Å². The highest BCUT2D eigenvalue weighted by Gasteiger charge is 2.34. The lowest BCUT2D eigenvalue weighted by atomic mass is 9.80. The first-order valence-corrected chi connectivity index (χ1v) is 9.67. The highest BCUT2D eigenvalue weighted by molar-refractivity contribution is 7.09. The summed E-state index contributed by atoms with van der Waals surface area (Å²) in [6.45, 7) is 2.26. The number of carbonyl (C=O) groups excluding carboxylic acids is 1. The van der Waals surface area contributed by atoms with Gasteiger partial charge in [0.2, 0.25) is 0 Å². The lowest BCUT2D eigenvalue weighted by molar-refractivity contribution is -0.0261. The number of aliphatic hydroxyl groups is 1. The van der Waals surface area contributed by atoms with Crippen LogP contribution in [0.2, 0.25) is 0 Å². The van der Waals surface area contributed by atoms with Gasteiger partial charge in [-0.1, -0.05) is 30.3 Å². The fraction of sp³-hybridized carbons (Fsp3) is 0.474. The highest BCUT2D eigenvalue weighted by atomic mass is 32.1. The summed E-state index contributed by atoms with van der Waals surface area (Å²) in [6.07, 6.45) is 1.54. The van der Waals surface area contributed by atoms with Gasteiger partial charge in [0.15, 0.2) is 0 Å². The van der Waals surface area contributed by atoms with Crippen molar-refractivity contribution in [1.29, 1.82) is 0 Å². The van der Waals surface area contributed by atoms with Crippen molar-refractivity contribution >= 4 is 17.4 Å². The Bertz CT molecular complexity index is 714. The number of nitrogens with zero attached hydrogens (tertiary/aromatic N) is 2. The van der Waals surface area contributed by atoms with Crippen LogP contribution >= 0.6 is 11.3 Å². The summed E-state index contributed by atoms with van der Waals surface area (Å²) in [5.74, 6) is 0. The summed E-state index contributed by atoms with van der Waals surface area (Å²) in [5.41, 5.74) is 1.74. The summed E-state index contributed by atoms with van der Waals surface area (Å²) in [7, 11) is 1.76. The number of amides is 2. The molecule has 6 nitrogen and oxygen atoms in total. The number of thiazole rings is 1. The Kier molecular flexibility index (Phi) is 6.24. The molecule has 0 radical (unpaired) electrons. The Morgan fingerprint density at radius 1 is 1.35 bits per heavy atom. The molecule has 2 N–H and O–H groups in total. The zero-order valence-corrected chi connectivity index (χ0v) is 15.8. The predicted molar refractivity (Wildman–Crippen MR) is 102 cm³/mol. The summed E-state index contributed by atoms with van der Waals surface area (Å²) < 4.78 is 5.38. The fourth-order valence-corrected chi connectivity index (χ4v) is 3.91. The molecule has 0 atom stereocenters. The van der Waals surface area contributed by atoms with E-state index in [9.17, 15) is 9.90 Å². The molecule has 1 aromatic heterocycles. The van der Waals surface area contributed by atoms with Crippen LogP contribution in [0.4, 0.5) is 4.79 Å². The van der Waals surface area contributed by atoms with E-state index in [1.807, 2.05) is 35.7 Å². The van der Waals surface area contributed by atoms with Gasteiger partial charge in [-0.25, -0.2) is 9.78 Å². The first-order chi connectivity index (χ1) is 12.6. The molecule has 0 spiro atoms. The van der Waals surface area contributed by atoms with Gasteiger partial charge in [0.25, 0.3) is 0 Å². The van der Waals surface area contributed by atoms with Gasteiger partial charge in [0.05, 0.1) is 18.8 Å². The van der Waals surface area contributed by atoms with E-state index >= 15 is 0 Å². The molecule has 0 aliphatic carbocycles. The quantitative estimate of drug-likeness (QED) is 0.814. The lowest BCUT2D eigenvalue weighted by Crippen LogP contribution is -2.47. The van der Waals surface area contributed by atoms with Crippen LogP contribution in [0.3, 0.4) is 0 Å². The monoisotopic (exact) mass is 375 g/mol. The van der Waals surface area contributed by atoms with Crippen molar-refractivity contribution in [2.24, 2.45) is 5.41 Å². The molecule has 26 heavy (non-hydrogen) atoms. The molecule has 1 fully saturated rings. The molecule has 0 saturated carbocycles. The van der Waals surface area contributed by atoms with E-state index in [2.05, 4.69) is 10.3 Å². The van der Waals surface area contributed by atoms with E-state index in [0.717, 1.165) is 29.1 Å². The number of urea groups is 1. The van der Waals surface area contributed by atoms with E-state index in [-0.39, 0.29) is 18.1 Å². The van der Waals surface area contributed by atoms with Gasteiger partial charge in [-0.05, 0) is 12.8 Å². The van der Waals surface area contributed by atoms with E-state index in [1.165, 1.54) is 11.3 Å². The highest BCUT2D eigenvalue weighted by Crippen LogP contribution is 2.30. The van der Waals surface area contributed by atoms with Crippen molar-refractivity contribution in [3.8, 4) is 11.3 Å². The minimum absolute atomic E-state index is 0.0703. The van der Waals surface area contributed by atoms with Crippen molar-refractivity contribution in [1.82, 2.24) is 15.2 Å². The third-order valence-corrected chi connectivity index (χ3v) is 5.67. The maximum absolute atomic E-state index is 12.4. The van der Waals surface area contributed by atoms with Crippen molar-refractivity contribution in [2.75, 3.05) is 33.4 Å². The Balaban J connectivity index is 1.53. The van der Waals surface area contributed by atoms with Gasteiger partial charge < -0.3 is 20.1 Å². The molecule has 7 heteroatoms. The molecule has 140 valence electrons. The number of nitrogens with one attached hydrogen (secondary N) is 1. The van der Waals surface area contributed by atoms with Crippen LogP contribution in [-0.4, -0.2) is 54.4 Å². The number of ether oxygens (including phenoxy) is 1. The minimum Gasteiger partial charge on any atom is -0.396 e. The smallest absolute Gasteiger partial charge is 0.317 e. The lowest BCUT2D eigenvalue weighted by Gasteiger charge is -2.38. The Hall–Kier alpha value is -1.96. The molecule has 1 aromatic carbocycles. The molecule has 1 saturated heterocycles. The maximum Gasteiger partial charge on any atom is 0.317 e. The summed E-state index contributed by atoms with van der Waals surface area (Å²) in [6, 6.07) is 9.84. The largest absolute Gasteiger partial charge is 0.396 e. The maximum atomic E-state index is 12.4. The molecule has 2 amide bonds. The second kappa shape index (κ2) is 8.62. The number of aromatic nitrogens is 1. The summed E-state index contributed by atoms with van der Waals surface area (Å²) in [4.78, 5) is 18.6. The van der Waals surface area contributed by atoms with Crippen molar-refractivity contribution in [2.45, 2.75) is 19.4 Å². The summed E-state index contributed by atoms with van der Waals surface area (Å²) >= 11 is 1.54. The first kappa shape index (κ1) is 18.8. The van der Waals surface area contributed by atoms with E-state index in [4.69, 9.17) is 4.74 Å². The van der Waals surface area contributed by atoms with Crippen LogP contribution in [0.25, 0.3) is 11.3 Å². The molecule has 1 aliphatic heterocycles. The summed E-state index contributed by atoms with van der Waals surface area (Å²) in [5, 5.41) is 15.6. The number of benzene rings is 1. The Labute approximate surface area is 157 Å². The normalized spacial score (nSPS) is 16.2. The number of rotatable bonds is 6. The van der Waals surface area contributed by atoms with Crippen molar-refractivity contribution in [3.05, 3.63) is 40.7 Å². The second-order valence-corrected chi connectivity index (χ2v) is 7.72. The zero-order valence-electron chi connectivity index (χ0n) is 15.0. The van der Waals surface area contributed by atoms with Crippen LogP contribution in [0.1, 0.15) is 17.8 Å². The average molecular weight is 375 g/mol. The molecule has 2 heterocycles. The Morgan fingerprint density at radius 3 is 2.77 bits per heavy atom. The van der Waals surface area contributed by atoms with Gasteiger partial charge in [0.1, 0.15) is 5.01 Å². The van der Waals surface area contributed by atoms with Crippen LogP contribution < -0.4 is 5.32 Å². The third kappa shape index (κ3) is 4.60. The molecule has 2 aromatic rings. The van der Waals surface area contributed by atoms with Gasteiger partial charge in [0, 0.05) is 43.2 Å². The Morgan fingerprint density at radius 2 is 2.08 bits per heavy atom. The van der Waals surface area contributed by atoms with Crippen molar-refractivity contribution in [3.63, 3.8) is 0 Å². The predicted octanol–water partition coefficient (Wildman–Crippen LogP) is 2.74. The molecule has 1 aliphatic rings. The fourth-order valence-electron chi connectivity index (χ4n) is 3.17. The number of carbonyl (C=O) groups is 1. The van der Waals surface area contributed by atoms with Crippen LogP contribution in [0.15, 0.2) is 35.7 Å². The van der Waals surface area contributed by atoms with Crippen LogP contribution in [0, 0.1) is 5.41 Å². The zero-order chi connectivity index (χ0) is 18.4. The molecule has 0 bridgehead atoms. The molecule has 0 unspecified atom stereocenters. The van der Waals surface area contributed by atoms with E-state index in [1.54, 1.807) is 11.9 Å². The topological polar surface area (TPSA) is 74.7 Å². The van der Waals surface area contributed by atoms with Gasteiger partial charge in [-0.3, -0.25) is 0 Å². The molecular formula is C19H25N3O3S. The van der Waals surface area contributed by atoms with Crippen LogP contribution in [-0.2, 0) is 11.3 Å². The van der Waals surface area contributed by atoms with Gasteiger partial charge >= 0.3 is 6.03 Å². The van der Waals surface area contributed by atoms with Gasteiger partial charge in [-0.2, -0.15) is 0 Å².